The number of rotatable bonds is 5. The molecule has 0 radical (unpaired) electrons. The van der Waals surface area contributed by atoms with Gasteiger partial charge in [0.15, 0.2) is 5.78 Å². The van der Waals surface area contributed by atoms with Gasteiger partial charge in [0.2, 0.25) is 0 Å². The zero-order chi connectivity index (χ0) is 11.3. The number of carbonyl (C=O) groups excluding carboxylic acids is 1. The molecule has 0 fully saturated rings. The fourth-order valence-electron chi connectivity index (χ4n) is 0.996. The first-order valence-electron chi connectivity index (χ1n) is 4.89. The molecule has 0 N–H and O–H groups in total. The molecule has 0 bridgehead atoms. The second kappa shape index (κ2) is 5.71. The van der Waals surface area contributed by atoms with Crippen LogP contribution in [-0.2, 0) is 4.79 Å². The van der Waals surface area contributed by atoms with Crippen LogP contribution < -0.4 is 4.74 Å². The number of hydrogen-bond acceptors (Lipinski definition) is 3. The lowest BCUT2D eigenvalue weighted by atomic mass is 10.1. The molecule has 0 saturated heterocycles. The van der Waals surface area contributed by atoms with E-state index in [4.69, 9.17) is 16.3 Å². The molecule has 0 spiro atoms. The molecule has 0 aliphatic carbocycles. The van der Waals surface area contributed by atoms with Crippen molar-refractivity contribution < 1.29 is 9.53 Å². The highest BCUT2D eigenvalue weighted by atomic mass is 35.5. The summed E-state index contributed by atoms with van der Waals surface area (Å²) in [6.45, 7) is 3.95. The molecule has 0 amide bonds. The van der Waals surface area contributed by atoms with E-state index in [2.05, 4.69) is 4.98 Å². The van der Waals surface area contributed by atoms with Gasteiger partial charge in [-0.05, 0) is 6.42 Å². The van der Waals surface area contributed by atoms with Crippen LogP contribution in [0.4, 0.5) is 0 Å². The first-order chi connectivity index (χ1) is 7.13. The highest BCUT2D eigenvalue weighted by Crippen LogP contribution is 2.15. The van der Waals surface area contributed by atoms with Crippen molar-refractivity contribution in [3.8, 4) is 5.75 Å². The molecule has 1 rings (SSSR count). The first kappa shape index (κ1) is 12.0. The fourth-order valence-corrected chi connectivity index (χ4v) is 1.16. The normalized spacial score (nSPS) is 12.2. The van der Waals surface area contributed by atoms with Gasteiger partial charge in [0.05, 0.1) is 11.2 Å². The molecule has 0 saturated carbocycles. The van der Waals surface area contributed by atoms with Gasteiger partial charge in [-0.2, -0.15) is 0 Å². The van der Waals surface area contributed by atoms with E-state index in [1.165, 1.54) is 12.4 Å². The van der Waals surface area contributed by atoms with E-state index in [1.807, 2.05) is 13.8 Å². The maximum Gasteiger partial charge on any atom is 0.172 e. The van der Waals surface area contributed by atoms with Gasteiger partial charge in [-0.1, -0.05) is 25.4 Å². The molecule has 82 valence electrons. The van der Waals surface area contributed by atoms with E-state index >= 15 is 0 Å². The summed E-state index contributed by atoms with van der Waals surface area (Å²) >= 11 is 5.72. The summed E-state index contributed by atoms with van der Waals surface area (Å²) in [5, 5.41) is 0.503. The van der Waals surface area contributed by atoms with Crippen LogP contribution in [0.2, 0.25) is 5.02 Å². The zero-order valence-electron chi connectivity index (χ0n) is 8.87. The SMILES string of the molecule is CCC(C)C(=O)COc1cncc(Cl)c1. The van der Waals surface area contributed by atoms with Crippen LogP contribution >= 0.6 is 11.6 Å². The van der Waals surface area contributed by atoms with E-state index in [0.717, 1.165) is 6.42 Å². The van der Waals surface area contributed by atoms with E-state index in [1.54, 1.807) is 6.07 Å². The Morgan fingerprint density at radius 3 is 2.93 bits per heavy atom. The highest BCUT2D eigenvalue weighted by Gasteiger charge is 2.11. The lowest BCUT2D eigenvalue weighted by molar-refractivity contribution is -0.124. The largest absolute Gasteiger partial charge is 0.484 e. The Morgan fingerprint density at radius 2 is 2.33 bits per heavy atom. The van der Waals surface area contributed by atoms with E-state index in [9.17, 15) is 4.79 Å². The number of ether oxygens (including phenoxy) is 1. The summed E-state index contributed by atoms with van der Waals surface area (Å²) in [4.78, 5) is 15.3. The van der Waals surface area contributed by atoms with Gasteiger partial charge in [0, 0.05) is 18.2 Å². The standard InChI is InChI=1S/C11H14ClNO2/c1-3-8(2)11(14)7-15-10-4-9(12)5-13-6-10/h4-6,8H,3,7H2,1-2H3. The van der Waals surface area contributed by atoms with E-state index < -0.39 is 0 Å². The summed E-state index contributed by atoms with van der Waals surface area (Å²) in [6, 6.07) is 1.64. The minimum Gasteiger partial charge on any atom is -0.484 e. The topological polar surface area (TPSA) is 39.2 Å². The summed E-state index contributed by atoms with van der Waals surface area (Å²) < 4.78 is 5.28. The quantitative estimate of drug-likeness (QED) is 0.777. The maximum absolute atomic E-state index is 11.5. The Kier molecular flexibility index (Phi) is 4.56. The van der Waals surface area contributed by atoms with Crippen LogP contribution in [0.25, 0.3) is 0 Å². The Hall–Kier alpha value is -1.09. The van der Waals surface area contributed by atoms with Crippen molar-refractivity contribution in [2.75, 3.05) is 6.61 Å². The van der Waals surface area contributed by atoms with Crippen molar-refractivity contribution in [2.45, 2.75) is 20.3 Å². The van der Waals surface area contributed by atoms with Crippen LogP contribution in [0.3, 0.4) is 0 Å². The second-order valence-electron chi connectivity index (χ2n) is 3.40. The number of Topliss-reactive ketones (excluding diaryl/α,β-unsaturated/α-hetero) is 1. The molecule has 1 atom stereocenters. The summed E-state index contributed by atoms with van der Waals surface area (Å²) in [5.41, 5.74) is 0. The molecule has 1 aromatic heterocycles. The molecule has 15 heavy (non-hydrogen) atoms. The molecule has 0 aliphatic heterocycles. The van der Waals surface area contributed by atoms with Crippen LogP contribution in [0.1, 0.15) is 20.3 Å². The Morgan fingerprint density at radius 1 is 1.60 bits per heavy atom. The number of ketones is 1. The smallest absolute Gasteiger partial charge is 0.172 e. The molecule has 1 unspecified atom stereocenters. The second-order valence-corrected chi connectivity index (χ2v) is 3.84. The van der Waals surface area contributed by atoms with Crippen molar-refractivity contribution in [1.82, 2.24) is 4.98 Å². The summed E-state index contributed by atoms with van der Waals surface area (Å²) in [7, 11) is 0. The summed E-state index contributed by atoms with van der Waals surface area (Å²) in [6.07, 6.45) is 3.89. The van der Waals surface area contributed by atoms with Crippen LogP contribution in [-0.4, -0.2) is 17.4 Å². The van der Waals surface area contributed by atoms with Crippen LogP contribution in [0, 0.1) is 5.92 Å². The third-order valence-electron chi connectivity index (χ3n) is 2.22. The van der Waals surface area contributed by atoms with E-state index in [-0.39, 0.29) is 18.3 Å². The van der Waals surface area contributed by atoms with Crippen molar-refractivity contribution in [3.05, 3.63) is 23.5 Å². The van der Waals surface area contributed by atoms with Gasteiger partial charge in [-0.15, -0.1) is 0 Å². The molecule has 0 aliphatic rings. The number of pyridine rings is 1. The van der Waals surface area contributed by atoms with Gasteiger partial charge in [0.25, 0.3) is 0 Å². The van der Waals surface area contributed by atoms with Crippen molar-refractivity contribution in [2.24, 2.45) is 5.92 Å². The third kappa shape index (κ3) is 3.88. The number of hydrogen-bond donors (Lipinski definition) is 0. The number of halogens is 1. The molecule has 1 heterocycles. The minimum atomic E-state index is 0.0390. The molecular weight excluding hydrogens is 214 g/mol. The highest BCUT2D eigenvalue weighted by molar-refractivity contribution is 6.30. The number of aromatic nitrogens is 1. The van der Waals surface area contributed by atoms with Crippen LogP contribution in [0.5, 0.6) is 5.75 Å². The van der Waals surface area contributed by atoms with Crippen molar-refractivity contribution in [1.29, 1.82) is 0 Å². The Labute approximate surface area is 94.4 Å². The predicted octanol–water partition coefficient (Wildman–Crippen LogP) is 2.73. The molecule has 0 aromatic carbocycles. The predicted molar refractivity (Wildman–Crippen MR) is 59.2 cm³/mol. The molecular formula is C11H14ClNO2. The lowest BCUT2D eigenvalue weighted by Gasteiger charge is -2.08. The van der Waals surface area contributed by atoms with E-state index in [0.29, 0.717) is 10.8 Å². The lowest BCUT2D eigenvalue weighted by Crippen LogP contribution is -2.18. The average Bonchev–Trinajstić information content (AvgIpc) is 2.25. The zero-order valence-corrected chi connectivity index (χ0v) is 9.62. The maximum atomic E-state index is 11.5. The number of carbonyl (C=O) groups is 1. The third-order valence-corrected chi connectivity index (χ3v) is 2.43. The molecule has 1 aromatic rings. The average molecular weight is 228 g/mol. The van der Waals surface area contributed by atoms with Crippen molar-refractivity contribution >= 4 is 17.4 Å². The Balaban J connectivity index is 2.47. The molecule has 3 nitrogen and oxygen atoms in total. The van der Waals surface area contributed by atoms with Gasteiger partial charge in [-0.3, -0.25) is 9.78 Å². The summed E-state index contributed by atoms with van der Waals surface area (Å²) in [5.74, 6) is 0.661. The monoisotopic (exact) mass is 227 g/mol. The minimum absolute atomic E-state index is 0.0390. The van der Waals surface area contributed by atoms with Gasteiger partial charge in [0.1, 0.15) is 12.4 Å². The molecule has 4 heteroatoms. The van der Waals surface area contributed by atoms with Crippen molar-refractivity contribution in [3.63, 3.8) is 0 Å². The van der Waals surface area contributed by atoms with Gasteiger partial charge in [-0.25, -0.2) is 0 Å². The Bertz CT molecular complexity index is 341. The van der Waals surface area contributed by atoms with Gasteiger partial charge >= 0.3 is 0 Å². The fraction of sp³-hybridized carbons (Fsp3) is 0.455. The van der Waals surface area contributed by atoms with Crippen LogP contribution in [0.15, 0.2) is 18.5 Å². The number of nitrogens with zero attached hydrogens (tertiary/aromatic N) is 1. The first-order valence-corrected chi connectivity index (χ1v) is 5.27. The van der Waals surface area contributed by atoms with Gasteiger partial charge < -0.3 is 4.74 Å².